The molecule has 0 heterocycles. The summed E-state index contributed by atoms with van der Waals surface area (Å²) in [7, 11) is 4.26. The number of nitrogens with two attached hydrogens (primary N) is 1. The summed E-state index contributed by atoms with van der Waals surface area (Å²) in [5.41, 5.74) is 11.1. The minimum absolute atomic E-state index is 0.312. The molecule has 0 fully saturated rings. The van der Waals surface area contributed by atoms with Crippen molar-refractivity contribution in [3.63, 3.8) is 0 Å². The van der Waals surface area contributed by atoms with E-state index in [9.17, 15) is 13.2 Å². The van der Waals surface area contributed by atoms with Crippen LogP contribution < -0.4 is 20.5 Å². The van der Waals surface area contributed by atoms with Crippen molar-refractivity contribution in [1.29, 1.82) is 0 Å². The first-order valence-corrected chi connectivity index (χ1v) is 14.4. The van der Waals surface area contributed by atoms with Gasteiger partial charge in [-0.2, -0.15) is 13.1 Å². The van der Waals surface area contributed by atoms with Crippen LogP contribution in [0.5, 0.6) is 0 Å². The molecular weight excluding hydrogens is 464 g/mol. The molecule has 0 radical (unpaired) electrons. The van der Waals surface area contributed by atoms with E-state index in [1.165, 1.54) is 28.7 Å². The van der Waals surface area contributed by atoms with Gasteiger partial charge >= 0.3 is 16.2 Å². The molecule has 0 aromatic heterocycles. The predicted octanol–water partition coefficient (Wildman–Crippen LogP) is 2.25. The fourth-order valence-electron chi connectivity index (χ4n) is 4.60. The van der Waals surface area contributed by atoms with Gasteiger partial charge in [0.05, 0.1) is 0 Å². The van der Waals surface area contributed by atoms with Crippen molar-refractivity contribution in [3.8, 4) is 0 Å². The Hall–Kier alpha value is -1.72. The summed E-state index contributed by atoms with van der Waals surface area (Å²) in [6.45, 7) is 3.21. The van der Waals surface area contributed by atoms with Gasteiger partial charge < -0.3 is 20.9 Å². The Balaban J connectivity index is 0.000000466. The number of carbonyl (C=O) groups excluding carboxylic acids is 1. The Bertz CT molecular complexity index is 886. The summed E-state index contributed by atoms with van der Waals surface area (Å²) >= 11 is 0. The average molecular weight is 511 g/mol. The van der Waals surface area contributed by atoms with E-state index in [2.05, 4.69) is 44.7 Å². The van der Waals surface area contributed by atoms with Gasteiger partial charge in [0, 0.05) is 12.2 Å². The Morgan fingerprint density at radius 2 is 1.43 bits per heavy atom. The standard InChI is InChI=1S/C19H30N4O3S.C6H16N2/c1-23(2)12-4-3-11-20-27(25,26)22-19(24)21-18-16-9-5-7-14(16)13-15-8-6-10-17(15)18;1-8(2)6-4-3-5-7/h13,20H,3-12H2,1-2H3,(H2,21,22,24);3-7H2,1-2H3. The number of benzene rings is 1. The van der Waals surface area contributed by atoms with Crippen LogP contribution >= 0.6 is 0 Å². The molecule has 0 unspecified atom stereocenters. The first-order chi connectivity index (χ1) is 16.6. The largest absolute Gasteiger partial charge is 0.333 e. The molecule has 0 spiro atoms. The second-order valence-electron chi connectivity index (χ2n) is 10.00. The number of hydrogen-bond acceptors (Lipinski definition) is 6. The van der Waals surface area contributed by atoms with Crippen LogP contribution in [0.3, 0.4) is 0 Å². The highest BCUT2D eigenvalue weighted by Gasteiger charge is 2.25. The van der Waals surface area contributed by atoms with Crippen LogP contribution in [0.4, 0.5) is 10.5 Å². The first-order valence-electron chi connectivity index (χ1n) is 12.9. The summed E-state index contributed by atoms with van der Waals surface area (Å²) in [4.78, 5) is 16.6. The van der Waals surface area contributed by atoms with Gasteiger partial charge in [0.15, 0.2) is 0 Å². The van der Waals surface area contributed by atoms with Gasteiger partial charge in [-0.05, 0) is 134 Å². The molecule has 9 nitrogen and oxygen atoms in total. The molecule has 35 heavy (non-hydrogen) atoms. The van der Waals surface area contributed by atoms with Crippen molar-refractivity contribution in [2.24, 2.45) is 5.73 Å². The summed E-state index contributed by atoms with van der Waals surface area (Å²) < 4.78 is 28.7. The van der Waals surface area contributed by atoms with Gasteiger partial charge in [0.1, 0.15) is 0 Å². The number of unbranched alkanes of at least 4 members (excludes halogenated alkanes) is 2. The zero-order chi connectivity index (χ0) is 25.8. The highest BCUT2D eigenvalue weighted by Crippen LogP contribution is 2.38. The van der Waals surface area contributed by atoms with Crippen molar-refractivity contribution < 1.29 is 13.2 Å². The van der Waals surface area contributed by atoms with E-state index in [4.69, 9.17) is 5.73 Å². The molecule has 0 aliphatic heterocycles. The van der Waals surface area contributed by atoms with Gasteiger partial charge in [-0.15, -0.1) is 0 Å². The van der Waals surface area contributed by atoms with Crippen molar-refractivity contribution in [3.05, 3.63) is 28.3 Å². The number of fused-ring (bicyclic) bond motifs is 2. The third-order valence-corrected chi connectivity index (χ3v) is 7.36. The minimum Gasteiger partial charge on any atom is -0.330 e. The second-order valence-corrected chi connectivity index (χ2v) is 11.5. The molecule has 5 N–H and O–H groups in total. The number of anilines is 1. The van der Waals surface area contributed by atoms with Gasteiger partial charge in [0.2, 0.25) is 0 Å². The number of rotatable bonds is 12. The molecule has 0 atom stereocenters. The van der Waals surface area contributed by atoms with Crippen LogP contribution in [0.1, 0.15) is 60.8 Å². The van der Waals surface area contributed by atoms with E-state index in [1.807, 2.05) is 14.1 Å². The fraction of sp³-hybridized carbons (Fsp3) is 0.720. The summed E-state index contributed by atoms with van der Waals surface area (Å²) in [6.07, 6.45) is 10.1. The summed E-state index contributed by atoms with van der Waals surface area (Å²) in [6, 6.07) is 1.59. The number of carbonyl (C=O) groups is 1. The van der Waals surface area contributed by atoms with Crippen molar-refractivity contribution in [2.45, 2.75) is 64.2 Å². The van der Waals surface area contributed by atoms with Crippen molar-refractivity contribution in [2.75, 3.05) is 59.7 Å². The molecule has 200 valence electrons. The lowest BCUT2D eigenvalue weighted by Crippen LogP contribution is -2.43. The molecule has 0 bridgehead atoms. The third-order valence-electron chi connectivity index (χ3n) is 6.32. The third kappa shape index (κ3) is 10.4. The summed E-state index contributed by atoms with van der Waals surface area (Å²) in [5.74, 6) is 0. The Labute approximate surface area is 212 Å². The smallest absolute Gasteiger partial charge is 0.330 e. The molecule has 3 rings (SSSR count). The number of aryl methyl sites for hydroxylation is 2. The number of urea groups is 1. The van der Waals surface area contributed by atoms with Crippen LogP contribution in [0.15, 0.2) is 6.07 Å². The molecule has 1 aromatic rings. The van der Waals surface area contributed by atoms with Gasteiger partial charge in [-0.25, -0.2) is 9.52 Å². The van der Waals surface area contributed by atoms with Gasteiger partial charge in [-0.1, -0.05) is 6.07 Å². The molecule has 2 aliphatic carbocycles. The first kappa shape index (κ1) is 29.5. The van der Waals surface area contributed by atoms with Gasteiger partial charge in [-0.3, -0.25) is 0 Å². The zero-order valence-electron chi connectivity index (χ0n) is 22.1. The fourth-order valence-corrected chi connectivity index (χ4v) is 5.38. The van der Waals surface area contributed by atoms with E-state index in [-0.39, 0.29) is 0 Å². The number of amides is 2. The molecule has 2 amide bonds. The maximum atomic E-state index is 12.4. The molecule has 1 aromatic carbocycles. The molecule has 10 heteroatoms. The van der Waals surface area contributed by atoms with Gasteiger partial charge in [0.25, 0.3) is 0 Å². The maximum Gasteiger partial charge on any atom is 0.333 e. The van der Waals surface area contributed by atoms with E-state index in [0.29, 0.717) is 6.54 Å². The van der Waals surface area contributed by atoms with Crippen LogP contribution in [0.25, 0.3) is 0 Å². The van der Waals surface area contributed by atoms with E-state index >= 15 is 0 Å². The summed E-state index contributed by atoms with van der Waals surface area (Å²) in [5, 5.41) is 2.84. The number of hydrogen-bond donors (Lipinski definition) is 4. The Kier molecular flexibility index (Phi) is 12.4. The number of nitrogens with zero attached hydrogens (tertiary/aromatic N) is 2. The Morgan fingerprint density at radius 1 is 0.886 bits per heavy atom. The van der Waals surface area contributed by atoms with Crippen molar-refractivity contribution in [1.82, 2.24) is 19.2 Å². The minimum atomic E-state index is -3.86. The lowest BCUT2D eigenvalue weighted by Gasteiger charge is -2.16. The lowest BCUT2D eigenvalue weighted by molar-refractivity contribution is 0.256. The van der Waals surface area contributed by atoms with E-state index in [0.717, 1.165) is 83.1 Å². The topological polar surface area (TPSA) is 120 Å². The molecular formula is C25H46N6O3S. The lowest BCUT2D eigenvalue weighted by atomic mass is 9.99. The Morgan fingerprint density at radius 3 is 1.94 bits per heavy atom. The monoisotopic (exact) mass is 510 g/mol. The maximum absolute atomic E-state index is 12.4. The van der Waals surface area contributed by atoms with E-state index in [1.54, 1.807) is 0 Å². The highest BCUT2D eigenvalue weighted by atomic mass is 32.2. The quantitative estimate of drug-likeness (QED) is 0.320. The molecule has 2 aliphatic rings. The normalized spacial score (nSPS) is 14.5. The highest BCUT2D eigenvalue weighted by molar-refractivity contribution is 7.88. The number of nitrogens with one attached hydrogen (secondary N) is 3. The molecule has 0 saturated heterocycles. The molecule has 0 saturated carbocycles. The van der Waals surface area contributed by atoms with Crippen LogP contribution in [-0.2, 0) is 35.9 Å². The zero-order valence-corrected chi connectivity index (χ0v) is 22.9. The van der Waals surface area contributed by atoms with Crippen molar-refractivity contribution >= 4 is 21.9 Å². The second kappa shape index (κ2) is 14.7. The predicted molar refractivity (Wildman–Crippen MR) is 144 cm³/mol. The average Bonchev–Trinajstić information content (AvgIpc) is 3.42. The van der Waals surface area contributed by atoms with Crippen LogP contribution in [0.2, 0.25) is 0 Å². The van der Waals surface area contributed by atoms with E-state index < -0.39 is 16.2 Å². The van der Waals surface area contributed by atoms with Crippen LogP contribution in [-0.4, -0.2) is 78.6 Å². The SMILES string of the molecule is CN(C)CCCCN.CN(C)CCCCNS(=O)(=O)NC(=O)Nc1c2c(cc3c1CCC3)CCC2. The van der Waals surface area contributed by atoms with Crippen LogP contribution in [0, 0.1) is 0 Å².